The first-order chi connectivity index (χ1) is 13.9. The van der Waals surface area contributed by atoms with Gasteiger partial charge in [0.05, 0.1) is 16.7 Å². The molecule has 0 unspecified atom stereocenters. The zero-order chi connectivity index (χ0) is 18.5. The highest BCUT2D eigenvalue weighted by Gasteiger charge is 2.19. The van der Waals surface area contributed by atoms with Crippen LogP contribution in [0.15, 0.2) is 48.7 Å². The van der Waals surface area contributed by atoms with Gasteiger partial charge in [-0.15, -0.1) is 24.8 Å². The van der Waals surface area contributed by atoms with Gasteiger partial charge in [-0.1, -0.05) is 12.1 Å². The van der Waals surface area contributed by atoms with E-state index in [9.17, 15) is 0 Å². The molecule has 158 valence electrons. The smallest absolute Gasteiger partial charge is 0.231 e. The van der Waals surface area contributed by atoms with Crippen LogP contribution in [-0.2, 0) is 6.54 Å². The van der Waals surface area contributed by atoms with Crippen molar-refractivity contribution in [3.63, 3.8) is 0 Å². The van der Waals surface area contributed by atoms with Crippen LogP contribution in [-0.4, -0.2) is 45.3 Å². The first-order valence-corrected chi connectivity index (χ1v) is 9.95. The normalized spacial score (nSPS) is 15.5. The highest BCUT2D eigenvalue weighted by Crippen LogP contribution is 2.36. The molecule has 1 saturated heterocycles. The lowest BCUT2D eigenvalue weighted by Gasteiger charge is -2.15. The van der Waals surface area contributed by atoms with Crippen molar-refractivity contribution in [2.24, 2.45) is 0 Å². The van der Waals surface area contributed by atoms with E-state index in [4.69, 9.17) is 14.5 Å². The van der Waals surface area contributed by atoms with Gasteiger partial charge in [0.25, 0.3) is 0 Å². The number of fused-ring (bicyclic) bond motifs is 4. The second-order valence-corrected chi connectivity index (χ2v) is 7.55. The molecule has 8 heteroatoms. The van der Waals surface area contributed by atoms with Crippen molar-refractivity contribution in [1.29, 1.82) is 0 Å². The molecular weight excluding hydrogens is 423 g/mol. The van der Waals surface area contributed by atoms with Gasteiger partial charge in [0, 0.05) is 24.8 Å². The van der Waals surface area contributed by atoms with E-state index in [0.29, 0.717) is 0 Å². The van der Waals surface area contributed by atoms with Crippen molar-refractivity contribution in [2.75, 3.05) is 26.4 Å². The standard InChI is InChI=1S/C22H22N4O2.2ClH/c1-2-6-19-18(5-1)25(12-11-24-9-3-4-10-24)22-23-17(14-26(19)22)16-7-8-20-21(13-16)28-15-27-20;;/h1-2,5-8,13-14H,3-4,9-12,15H2;2*1H. The van der Waals surface area contributed by atoms with Gasteiger partial charge in [0.2, 0.25) is 12.6 Å². The Morgan fingerprint density at radius 1 is 0.867 bits per heavy atom. The average molecular weight is 447 g/mol. The van der Waals surface area contributed by atoms with E-state index in [1.807, 2.05) is 18.2 Å². The van der Waals surface area contributed by atoms with E-state index in [-0.39, 0.29) is 31.6 Å². The van der Waals surface area contributed by atoms with Crippen molar-refractivity contribution in [1.82, 2.24) is 18.9 Å². The molecule has 6 nitrogen and oxygen atoms in total. The topological polar surface area (TPSA) is 43.9 Å². The molecule has 4 aromatic rings. The molecule has 30 heavy (non-hydrogen) atoms. The van der Waals surface area contributed by atoms with Gasteiger partial charge < -0.3 is 18.9 Å². The van der Waals surface area contributed by atoms with Gasteiger partial charge in [-0.2, -0.15) is 0 Å². The van der Waals surface area contributed by atoms with Gasteiger partial charge in [-0.3, -0.25) is 4.40 Å². The SMILES string of the molecule is Cl.Cl.c1ccc2c(c1)n(CCN1CCCC1)c1nc(-c3ccc4c(c3)OCO4)cn21. The maximum atomic E-state index is 5.54. The fraction of sp³-hybridized carbons (Fsp3) is 0.318. The minimum Gasteiger partial charge on any atom is -0.454 e. The monoisotopic (exact) mass is 446 g/mol. The Kier molecular flexibility index (Phi) is 5.82. The minimum atomic E-state index is 0. The van der Waals surface area contributed by atoms with Crippen LogP contribution in [0.2, 0.25) is 0 Å². The fourth-order valence-electron chi connectivity index (χ4n) is 4.41. The third-order valence-corrected chi connectivity index (χ3v) is 5.87. The summed E-state index contributed by atoms with van der Waals surface area (Å²) in [4.78, 5) is 7.55. The van der Waals surface area contributed by atoms with E-state index in [1.165, 1.54) is 37.0 Å². The zero-order valence-corrected chi connectivity index (χ0v) is 18.1. The molecule has 0 radical (unpaired) electrons. The molecule has 0 bridgehead atoms. The first-order valence-electron chi connectivity index (χ1n) is 9.95. The molecule has 6 rings (SSSR count). The van der Waals surface area contributed by atoms with Gasteiger partial charge in [0.15, 0.2) is 11.5 Å². The van der Waals surface area contributed by atoms with E-state index >= 15 is 0 Å². The minimum absolute atomic E-state index is 0. The molecule has 0 aliphatic carbocycles. The van der Waals surface area contributed by atoms with Crippen molar-refractivity contribution in [3.05, 3.63) is 48.7 Å². The van der Waals surface area contributed by atoms with Gasteiger partial charge >= 0.3 is 0 Å². The summed E-state index contributed by atoms with van der Waals surface area (Å²) in [6, 6.07) is 14.6. The molecule has 2 aromatic carbocycles. The lowest BCUT2D eigenvalue weighted by atomic mass is 10.1. The van der Waals surface area contributed by atoms with Crippen molar-refractivity contribution < 1.29 is 9.47 Å². The Labute approximate surface area is 187 Å². The van der Waals surface area contributed by atoms with E-state index in [2.05, 4.69) is 44.3 Å². The van der Waals surface area contributed by atoms with E-state index < -0.39 is 0 Å². The lowest BCUT2D eigenvalue weighted by molar-refractivity contribution is 0.174. The highest BCUT2D eigenvalue weighted by atomic mass is 35.5. The summed E-state index contributed by atoms with van der Waals surface area (Å²) in [5.41, 5.74) is 4.43. The molecule has 2 aliphatic rings. The van der Waals surface area contributed by atoms with E-state index in [1.54, 1.807) is 0 Å². The second kappa shape index (κ2) is 8.38. The number of hydrogen-bond acceptors (Lipinski definition) is 4. The first kappa shape index (κ1) is 20.8. The van der Waals surface area contributed by atoms with Crippen LogP contribution in [0.1, 0.15) is 12.8 Å². The Hall–Kier alpha value is -2.41. The fourth-order valence-corrected chi connectivity index (χ4v) is 4.41. The predicted octanol–water partition coefficient (Wildman–Crippen LogP) is 4.62. The Morgan fingerprint density at radius 3 is 2.47 bits per heavy atom. The Morgan fingerprint density at radius 2 is 1.63 bits per heavy atom. The van der Waals surface area contributed by atoms with Crippen LogP contribution in [0.3, 0.4) is 0 Å². The highest BCUT2D eigenvalue weighted by molar-refractivity contribution is 5.85. The summed E-state index contributed by atoms with van der Waals surface area (Å²) in [7, 11) is 0. The largest absolute Gasteiger partial charge is 0.454 e. The van der Waals surface area contributed by atoms with Crippen LogP contribution in [0, 0.1) is 0 Å². The summed E-state index contributed by atoms with van der Waals surface area (Å²) in [5, 5.41) is 0. The predicted molar refractivity (Wildman–Crippen MR) is 122 cm³/mol. The maximum Gasteiger partial charge on any atom is 0.231 e. The van der Waals surface area contributed by atoms with Crippen LogP contribution in [0.25, 0.3) is 28.1 Å². The van der Waals surface area contributed by atoms with Crippen molar-refractivity contribution >= 4 is 41.6 Å². The number of aromatic nitrogens is 3. The molecule has 2 aliphatic heterocycles. The molecule has 0 atom stereocenters. The summed E-state index contributed by atoms with van der Waals surface area (Å²) in [6.45, 7) is 4.74. The molecule has 4 heterocycles. The number of ether oxygens (including phenoxy) is 2. The molecule has 2 aromatic heterocycles. The lowest BCUT2D eigenvalue weighted by Crippen LogP contribution is -2.24. The molecule has 0 amide bonds. The molecule has 0 N–H and O–H groups in total. The van der Waals surface area contributed by atoms with Crippen LogP contribution in [0.5, 0.6) is 11.5 Å². The van der Waals surface area contributed by atoms with Crippen LogP contribution >= 0.6 is 24.8 Å². The second-order valence-electron chi connectivity index (χ2n) is 7.55. The molecule has 0 spiro atoms. The number of hydrogen-bond donors (Lipinski definition) is 0. The Bertz CT molecular complexity index is 1180. The Balaban J connectivity index is 0.00000109. The third kappa shape index (κ3) is 3.39. The number of para-hydroxylation sites is 2. The number of imidazole rings is 2. The number of likely N-dealkylation sites (tertiary alicyclic amines) is 1. The number of rotatable bonds is 4. The van der Waals surface area contributed by atoms with Gasteiger partial charge in [-0.05, 0) is 56.3 Å². The van der Waals surface area contributed by atoms with Gasteiger partial charge in [-0.25, -0.2) is 4.98 Å². The number of nitrogens with zero attached hydrogens (tertiary/aromatic N) is 4. The quantitative estimate of drug-likeness (QED) is 0.458. The summed E-state index contributed by atoms with van der Waals surface area (Å²) >= 11 is 0. The molecule has 1 fully saturated rings. The maximum absolute atomic E-state index is 5.54. The van der Waals surface area contributed by atoms with Crippen LogP contribution < -0.4 is 9.47 Å². The molecule has 0 saturated carbocycles. The van der Waals surface area contributed by atoms with E-state index in [0.717, 1.165) is 41.6 Å². The van der Waals surface area contributed by atoms with Crippen LogP contribution in [0.4, 0.5) is 0 Å². The summed E-state index contributed by atoms with van der Waals surface area (Å²) < 4.78 is 15.5. The van der Waals surface area contributed by atoms with Crippen molar-refractivity contribution in [3.8, 4) is 22.8 Å². The number of halogens is 2. The average Bonchev–Trinajstić information content (AvgIpc) is 3.49. The molecular formula is C22H24Cl2N4O2. The zero-order valence-electron chi connectivity index (χ0n) is 16.5. The van der Waals surface area contributed by atoms with Gasteiger partial charge in [0.1, 0.15) is 0 Å². The summed E-state index contributed by atoms with van der Waals surface area (Å²) in [6.07, 6.45) is 4.76. The number of benzene rings is 2. The van der Waals surface area contributed by atoms with Crippen molar-refractivity contribution in [2.45, 2.75) is 19.4 Å². The summed E-state index contributed by atoms with van der Waals surface area (Å²) in [5.74, 6) is 2.58. The third-order valence-electron chi connectivity index (χ3n) is 5.87.